The van der Waals surface area contributed by atoms with Crippen LogP contribution in [0.2, 0.25) is 0 Å². The molecule has 0 aromatic heterocycles. The first-order valence-electron chi connectivity index (χ1n) is 8.34. The van der Waals surface area contributed by atoms with Gasteiger partial charge in [-0.2, -0.15) is 13.5 Å². The number of benzene rings is 1. The highest BCUT2D eigenvalue weighted by Crippen LogP contribution is 2.30. The molecular weight excluding hydrogens is 394 g/mol. The minimum Gasteiger partial charge on any atom is -0.398 e. The smallest absolute Gasteiger partial charge is 0.398 e. The molecule has 3 rings (SSSR count). The van der Waals surface area contributed by atoms with Crippen LogP contribution in [-0.4, -0.2) is 59.4 Å². The van der Waals surface area contributed by atoms with Crippen LogP contribution in [0.1, 0.15) is 18.4 Å². The van der Waals surface area contributed by atoms with Crippen molar-refractivity contribution in [3.8, 4) is 0 Å². The van der Waals surface area contributed by atoms with E-state index in [9.17, 15) is 22.8 Å². The number of fused-ring (bicyclic) bond motifs is 2. The fraction of sp³-hybridized carbons (Fsp3) is 0.400. The van der Waals surface area contributed by atoms with Crippen LogP contribution >= 0.6 is 0 Å². The van der Waals surface area contributed by atoms with Crippen LogP contribution in [0.3, 0.4) is 0 Å². The number of nitrogens with two attached hydrogens (primary N) is 1. The molecule has 0 unspecified atom stereocenters. The normalized spacial score (nSPS) is 21.5. The monoisotopic (exact) mass is 413 g/mol. The number of nitrogens with one attached hydrogen (secondary N) is 2. The molecule has 2 atom stereocenters. The molecule has 0 aliphatic carbocycles. The number of rotatable bonds is 5. The number of nitrogen functional groups attached to an aromatic ring is 1. The predicted octanol–water partition coefficient (Wildman–Crippen LogP) is -1.04. The van der Waals surface area contributed by atoms with Gasteiger partial charge in [0.2, 0.25) is 5.91 Å². The van der Waals surface area contributed by atoms with Crippen LogP contribution in [0.25, 0.3) is 0 Å². The van der Waals surface area contributed by atoms with E-state index in [1.807, 2.05) is 0 Å². The predicted molar refractivity (Wildman–Crippen MR) is 94.2 cm³/mol. The number of carbonyl (C=O) groups excluding carboxylic acids is 3. The van der Waals surface area contributed by atoms with E-state index < -0.39 is 40.3 Å². The van der Waals surface area contributed by atoms with Gasteiger partial charge >= 0.3 is 16.4 Å². The van der Waals surface area contributed by atoms with E-state index in [4.69, 9.17) is 10.3 Å². The number of anilines is 1. The highest BCUT2D eigenvalue weighted by Gasteiger charge is 2.49. The van der Waals surface area contributed by atoms with E-state index in [0.29, 0.717) is 16.3 Å². The lowest BCUT2D eigenvalue weighted by atomic mass is 10.0. The summed E-state index contributed by atoms with van der Waals surface area (Å²) in [5, 5.41) is 0.541. The van der Waals surface area contributed by atoms with Gasteiger partial charge in [0.15, 0.2) is 0 Å². The zero-order chi connectivity index (χ0) is 20.5. The molecule has 13 heteroatoms. The molecule has 152 valence electrons. The summed E-state index contributed by atoms with van der Waals surface area (Å²) in [5.74, 6) is -1.13. The van der Waals surface area contributed by atoms with Crippen molar-refractivity contribution in [3.63, 3.8) is 0 Å². The molecule has 2 heterocycles. The summed E-state index contributed by atoms with van der Waals surface area (Å²) < 4.78 is 34.8. The first kappa shape index (κ1) is 19.9. The maximum atomic E-state index is 12.4. The molecule has 0 saturated carbocycles. The van der Waals surface area contributed by atoms with Gasteiger partial charge < -0.3 is 10.6 Å². The van der Waals surface area contributed by atoms with Crippen LogP contribution in [-0.2, 0) is 30.7 Å². The Bertz CT molecular complexity index is 906. The van der Waals surface area contributed by atoms with E-state index in [0.717, 1.165) is 4.90 Å². The second-order valence-corrected chi connectivity index (χ2v) is 7.43. The molecule has 28 heavy (non-hydrogen) atoms. The van der Waals surface area contributed by atoms with Crippen molar-refractivity contribution in [2.45, 2.75) is 31.3 Å². The van der Waals surface area contributed by atoms with Crippen LogP contribution in [0, 0.1) is 0 Å². The van der Waals surface area contributed by atoms with Gasteiger partial charge in [0, 0.05) is 12.2 Å². The minimum atomic E-state index is -4.86. The Labute approximate surface area is 160 Å². The number of para-hydroxylation sites is 1. The molecule has 0 radical (unpaired) electrons. The van der Waals surface area contributed by atoms with Crippen molar-refractivity contribution >= 4 is 33.9 Å². The van der Waals surface area contributed by atoms with E-state index >= 15 is 0 Å². The summed E-state index contributed by atoms with van der Waals surface area (Å²) in [5.41, 5.74) is 11.3. The number of hydroxylamine groups is 2. The number of piperidine rings is 1. The van der Waals surface area contributed by atoms with Crippen LogP contribution in [0.15, 0.2) is 24.3 Å². The van der Waals surface area contributed by atoms with Crippen molar-refractivity contribution in [2.24, 2.45) is 0 Å². The zero-order valence-electron chi connectivity index (χ0n) is 14.6. The number of hydrogen-bond acceptors (Lipinski definition) is 7. The van der Waals surface area contributed by atoms with Crippen molar-refractivity contribution in [1.29, 1.82) is 0 Å². The summed E-state index contributed by atoms with van der Waals surface area (Å²) in [7, 11) is -4.86. The third kappa shape index (κ3) is 4.32. The highest BCUT2D eigenvalue weighted by atomic mass is 32.3. The number of carbonyl (C=O) groups is 3. The number of hydrogen-bond donors (Lipinski definition) is 4. The van der Waals surface area contributed by atoms with Crippen molar-refractivity contribution < 1.29 is 31.6 Å². The molecule has 2 bridgehead atoms. The quantitative estimate of drug-likeness (QED) is 0.269. The van der Waals surface area contributed by atoms with E-state index in [2.05, 4.69) is 15.1 Å². The van der Waals surface area contributed by atoms with Gasteiger partial charge in [0.1, 0.15) is 6.04 Å². The summed E-state index contributed by atoms with van der Waals surface area (Å²) in [4.78, 5) is 37.8. The van der Waals surface area contributed by atoms with Gasteiger partial charge in [-0.1, -0.05) is 18.2 Å². The van der Waals surface area contributed by atoms with Crippen LogP contribution in [0.5, 0.6) is 0 Å². The summed E-state index contributed by atoms with van der Waals surface area (Å²) in [6.45, 7) is 0.0565. The van der Waals surface area contributed by atoms with Gasteiger partial charge in [-0.25, -0.2) is 4.79 Å². The van der Waals surface area contributed by atoms with E-state index in [-0.39, 0.29) is 25.8 Å². The van der Waals surface area contributed by atoms with Crippen molar-refractivity contribution in [1.82, 2.24) is 20.8 Å². The standard InChI is InChI=1S/C15H19N5O7S/c16-11-4-2-1-3-9(11)7-13(21)17-18-14(22)12-6-5-10-8-19(12)15(23)20(10)27-28(24,25)26/h1-4,10,12H,5-8,16H2,(H,17,21)(H,18,22)(H,24,25,26)/t10-,12+/m1/s1. The van der Waals surface area contributed by atoms with Gasteiger partial charge in [-0.05, 0) is 24.5 Å². The van der Waals surface area contributed by atoms with E-state index in [1.54, 1.807) is 24.3 Å². The molecule has 0 spiro atoms. The number of hydrazine groups is 1. The molecule has 2 aliphatic rings. The fourth-order valence-corrected chi connectivity index (χ4v) is 3.62. The maximum Gasteiger partial charge on any atom is 0.418 e. The molecule has 2 fully saturated rings. The lowest BCUT2D eigenvalue weighted by Gasteiger charge is -2.29. The Kier molecular flexibility index (Phi) is 5.40. The van der Waals surface area contributed by atoms with Crippen LogP contribution < -0.4 is 16.6 Å². The molecule has 2 aliphatic heterocycles. The average molecular weight is 413 g/mol. The van der Waals surface area contributed by atoms with Crippen LogP contribution in [0.4, 0.5) is 10.5 Å². The van der Waals surface area contributed by atoms with Crippen molar-refractivity contribution in [3.05, 3.63) is 29.8 Å². The zero-order valence-corrected chi connectivity index (χ0v) is 15.4. The van der Waals surface area contributed by atoms with Gasteiger partial charge in [0.05, 0.1) is 12.5 Å². The topological polar surface area (TPSA) is 171 Å². The molecule has 1 aromatic rings. The number of amides is 4. The molecule has 1 aromatic carbocycles. The molecule has 4 amide bonds. The van der Waals surface area contributed by atoms with E-state index in [1.165, 1.54) is 0 Å². The lowest BCUT2D eigenvalue weighted by Crippen LogP contribution is -2.54. The fourth-order valence-electron chi connectivity index (χ4n) is 3.23. The van der Waals surface area contributed by atoms with Gasteiger partial charge in [0.25, 0.3) is 5.91 Å². The number of nitrogens with zero attached hydrogens (tertiary/aromatic N) is 2. The third-order valence-electron chi connectivity index (χ3n) is 4.53. The largest absolute Gasteiger partial charge is 0.418 e. The Morgan fingerprint density at radius 2 is 1.96 bits per heavy atom. The Morgan fingerprint density at radius 3 is 2.64 bits per heavy atom. The Balaban J connectivity index is 1.56. The van der Waals surface area contributed by atoms with Gasteiger partial charge in [-0.3, -0.25) is 25.0 Å². The summed E-state index contributed by atoms with van der Waals surface area (Å²) in [6, 6.07) is 4.43. The first-order chi connectivity index (χ1) is 13.2. The number of urea groups is 1. The first-order valence-corrected chi connectivity index (χ1v) is 9.71. The Morgan fingerprint density at radius 1 is 1.25 bits per heavy atom. The highest BCUT2D eigenvalue weighted by molar-refractivity contribution is 7.80. The minimum absolute atomic E-state index is 0.0433. The second kappa shape index (κ2) is 7.61. The maximum absolute atomic E-state index is 12.4. The average Bonchev–Trinajstić information content (AvgIpc) is 2.85. The molecule has 2 saturated heterocycles. The van der Waals surface area contributed by atoms with Gasteiger partial charge in [-0.15, -0.1) is 4.28 Å². The molecule has 12 nitrogen and oxygen atoms in total. The molecule has 5 N–H and O–H groups in total. The molecular formula is C15H19N5O7S. The Hall–Kier alpha value is -2.90. The summed E-state index contributed by atoms with van der Waals surface area (Å²) in [6.07, 6.45) is 0.470. The summed E-state index contributed by atoms with van der Waals surface area (Å²) >= 11 is 0. The van der Waals surface area contributed by atoms with Crippen molar-refractivity contribution in [2.75, 3.05) is 12.3 Å². The third-order valence-corrected chi connectivity index (χ3v) is 4.88. The lowest BCUT2D eigenvalue weighted by molar-refractivity contribution is -0.131. The second-order valence-electron chi connectivity index (χ2n) is 6.42. The SMILES string of the molecule is Nc1ccccc1CC(=O)NNC(=O)[C@@H]1CC[C@@H]2CN1C(=O)N2OS(=O)(=O)O.